The summed E-state index contributed by atoms with van der Waals surface area (Å²) in [4.78, 5) is 28.3. The van der Waals surface area contributed by atoms with Gasteiger partial charge in [0.2, 0.25) is 6.10 Å². The number of para-hydroxylation sites is 1. The fraction of sp³-hybridized carbons (Fsp3) is 0.297. The van der Waals surface area contributed by atoms with Gasteiger partial charge >= 0.3 is 5.97 Å². The largest absolute Gasteiger partial charge is 0.496 e. The molecule has 1 saturated heterocycles. The Morgan fingerprint density at radius 3 is 1.88 bits per heavy atom. The van der Waals surface area contributed by atoms with Gasteiger partial charge in [-0.3, -0.25) is 9.59 Å². The quantitative estimate of drug-likeness (QED) is 0.272. The molecule has 1 aliphatic carbocycles. The van der Waals surface area contributed by atoms with Crippen LogP contribution in [0, 0.1) is 11.8 Å². The summed E-state index contributed by atoms with van der Waals surface area (Å²) in [6, 6.07) is 37.7. The molecule has 2 aliphatic rings. The van der Waals surface area contributed by atoms with E-state index in [9.17, 15) is 14.7 Å². The minimum absolute atomic E-state index is 0.140. The normalized spacial score (nSPS) is 23.2. The molecule has 0 bridgehead atoms. The molecular formula is C37H37NO5. The second-order valence-electron chi connectivity index (χ2n) is 11.7. The highest BCUT2D eigenvalue weighted by Gasteiger charge is 2.61. The second kappa shape index (κ2) is 11.7. The van der Waals surface area contributed by atoms with Gasteiger partial charge in [-0.1, -0.05) is 109 Å². The van der Waals surface area contributed by atoms with Gasteiger partial charge in [0.15, 0.2) is 0 Å². The van der Waals surface area contributed by atoms with Crippen LogP contribution in [0.15, 0.2) is 115 Å². The topological polar surface area (TPSA) is 76.1 Å². The van der Waals surface area contributed by atoms with Crippen LogP contribution in [-0.4, -0.2) is 42.1 Å². The van der Waals surface area contributed by atoms with Crippen LogP contribution < -0.4 is 4.74 Å². The molecule has 0 spiro atoms. The zero-order chi connectivity index (χ0) is 30.0. The van der Waals surface area contributed by atoms with Gasteiger partial charge in [0.25, 0.3) is 5.91 Å². The fourth-order valence-corrected chi connectivity index (χ4v) is 7.64. The fourth-order valence-electron chi connectivity index (χ4n) is 7.64. The van der Waals surface area contributed by atoms with Gasteiger partial charge in [-0.25, -0.2) is 0 Å². The molecule has 220 valence electrons. The van der Waals surface area contributed by atoms with Crippen molar-refractivity contribution < 1.29 is 24.2 Å². The first-order valence-electron chi connectivity index (χ1n) is 14.9. The van der Waals surface area contributed by atoms with E-state index in [0.29, 0.717) is 37.2 Å². The number of hydrogen-bond acceptors (Lipinski definition) is 5. The third-order valence-corrected chi connectivity index (χ3v) is 9.54. The number of ether oxygens (including phenoxy) is 2. The second-order valence-corrected chi connectivity index (χ2v) is 11.7. The molecule has 1 N–H and O–H groups in total. The Kier molecular flexibility index (Phi) is 7.80. The van der Waals surface area contributed by atoms with E-state index in [-0.39, 0.29) is 17.7 Å². The van der Waals surface area contributed by atoms with Gasteiger partial charge in [0.05, 0.1) is 12.7 Å². The molecule has 1 aliphatic heterocycles. The van der Waals surface area contributed by atoms with Crippen LogP contribution in [0.2, 0.25) is 0 Å². The molecule has 1 saturated carbocycles. The van der Waals surface area contributed by atoms with E-state index in [2.05, 4.69) is 48.5 Å². The summed E-state index contributed by atoms with van der Waals surface area (Å²) in [5, 5.41) is 12.7. The molecule has 4 aromatic carbocycles. The number of methoxy groups -OCH3 is 1. The molecule has 1 amide bonds. The maximum atomic E-state index is 14.3. The van der Waals surface area contributed by atoms with Crippen LogP contribution in [0.5, 0.6) is 5.75 Å². The maximum absolute atomic E-state index is 14.3. The number of nitrogens with zero attached hydrogens (tertiary/aromatic N) is 1. The number of benzene rings is 4. The molecule has 6 heteroatoms. The third kappa shape index (κ3) is 5.00. The van der Waals surface area contributed by atoms with E-state index < -0.39 is 23.1 Å². The van der Waals surface area contributed by atoms with E-state index in [1.54, 1.807) is 24.1 Å². The van der Waals surface area contributed by atoms with Gasteiger partial charge in [-0.2, -0.15) is 0 Å². The lowest BCUT2D eigenvalue weighted by atomic mass is 9.52. The lowest BCUT2D eigenvalue weighted by Gasteiger charge is -2.53. The number of rotatable bonds is 7. The highest BCUT2D eigenvalue weighted by atomic mass is 16.5. The molecule has 2 fully saturated rings. The van der Waals surface area contributed by atoms with Crippen molar-refractivity contribution in [3.63, 3.8) is 0 Å². The molecule has 0 aromatic heterocycles. The first-order valence-corrected chi connectivity index (χ1v) is 14.9. The van der Waals surface area contributed by atoms with Gasteiger partial charge in [0.1, 0.15) is 5.75 Å². The van der Waals surface area contributed by atoms with Crippen LogP contribution >= 0.6 is 0 Å². The van der Waals surface area contributed by atoms with E-state index >= 15 is 0 Å². The standard InChI is InChI=1S/C37H37NO5/c1-26(39)43-34(27-14-6-3-7-15-27)35(40)38-24-31-32(25-38)37(41,30-20-12-13-21-33(30)42-2)23-22-36(31,28-16-8-4-9-17-28)29-18-10-5-11-19-29/h3-21,31-32,34,41H,22-25H2,1-2H3/t31-,32+,34-,37+/m0/s1. The van der Waals surface area contributed by atoms with E-state index in [0.717, 1.165) is 16.7 Å². The van der Waals surface area contributed by atoms with Crippen LogP contribution in [0.25, 0.3) is 0 Å². The Bertz CT molecular complexity index is 1540. The summed E-state index contributed by atoms with van der Waals surface area (Å²) in [5.74, 6) is -0.641. The molecule has 6 nitrogen and oxygen atoms in total. The first-order chi connectivity index (χ1) is 20.9. The van der Waals surface area contributed by atoms with Crippen molar-refractivity contribution in [2.75, 3.05) is 20.2 Å². The average Bonchev–Trinajstić information content (AvgIpc) is 3.52. The number of carbonyl (C=O) groups is 2. The molecule has 4 aromatic rings. The molecule has 1 heterocycles. The van der Waals surface area contributed by atoms with Crippen molar-refractivity contribution in [1.29, 1.82) is 0 Å². The molecule has 4 atom stereocenters. The SMILES string of the molecule is COc1ccccc1[C@]1(O)CCC(c2ccccc2)(c2ccccc2)[C@H]2CN(C(=O)[C@@H](OC(C)=O)c3ccccc3)C[C@H]21. The van der Waals surface area contributed by atoms with E-state index in [1.165, 1.54) is 6.92 Å². The van der Waals surface area contributed by atoms with Crippen molar-refractivity contribution in [3.05, 3.63) is 138 Å². The zero-order valence-electron chi connectivity index (χ0n) is 24.6. The highest BCUT2D eigenvalue weighted by molar-refractivity contribution is 5.85. The summed E-state index contributed by atoms with van der Waals surface area (Å²) in [6.07, 6.45) is 0.0816. The Morgan fingerprint density at radius 2 is 1.30 bits per heavy atom. The summed E-state index contributed by atoms with van der Waals surface area (Å²) < 4.78 is 11.4. The van der Waals surface area contributed by atoms with Crippen molar-refractivity contribution >= 4 is 11.9 Å². The predicted octanol–water partition coefficient (Wildman–Crippen LogP) is 6.04. The van der Waals surface area contributed by atoms with Gasteiger partial charge in [-0.05, 0) is 36.0 Å². The van der Waals surface area contributed by atoms with Gasteiger partial charge in [-0.15, -0.1) is 0 Å². The monoisotopic (exact) mass is 575 g/mol. The number of carbonyl (C=O) groups excluding carboxylic acids is 2. The number of amides is 1. The van der Waals surface area contributed by atoms with E-state index in [1.807, 2.05) is 54.6 Å². The summed E-state index contributed by atoms with van der Waals surface area (Å²) >= 11 is 0. The molecule has 0 unspecified atom stereocenters. The average molecular weight is 576 g/mol. The molecule has 43 heavy (non-hydrogen) atoms. The molecule has 6 rings (SSSR count). The van der Waals surface area contributed by atoms with Crippen LogP contribution in [0.1, 0.15) is 48.1 Å². The van der Waals surface area contributed by atoms with Gasteiger partial charge in [0, 0.05) is 42.5 Å². The Balaban J connectivity index is 1.50. The number of esters is 1. The van der Waals surface area contributed by atoms with Crippen LogP contribution in [0.4, 0.5) is 0 Å². The van der Waals surface area contributed by atoms with Crippen LogP contribution in [-0.2, 0) is 25.3 Å². The Labute approximate surface area is 252 Å². The number of fused-ring (bicyclic) bond motifs is 1. The number of likely N-dealkylation sites (tertiary alicyclic amines) is 1. The molecule has 0 radical (unpaired) electrons. The summed E-state index contributed by atoms with van der Waals surface area (Å²) in [7, 11) is 1.62. The Hall–Kier alpha value is -4.42. The minimum atomic E-state index is -1.25. The summed E-state index contributed by atoms with van der Waals surface area (Å²) in [6.45, 7) is 2.03. The molecular weight excluding hydrogens is 538 g/mol. The Morgan fingerprint density at radius 1 is 0.767 bits per heavy atom. The third-order valence-electron chi connectivity index (χ3n) is 9.54. The van der Waals surface area contributed by atoms with Crippen molar-refractivity contribution in [1.82, 2.24) is 4.90 Å². The van der Waals surface area contributed by atoms with Crippen molar-refractivity contribution in [2.45, 2.75) is 36.9 Å². The summed E-state index contributed by atoms with van der Waals surface area (Å²) in [5.41, 5.74) is 1.97. The van der Waals surface area contributed by atoms with Crippen molar-refractivity contribution in [3.8, 4) is 5.75 Å². The maximum Gasteiger partial charge on any atom is 0.303 e. The predicted molar refractivity (Wildman–Crippen MR) is 164 cm³/mol. The lowest BCUT2D eigenvalue weighted by Crippen LogP contribution is -2.53. The van der Waals surface area contributed by atoms with Crippen molar-refractivity contribution in [2.24, 2.45) is 11.8 Å². The number of hydrogen-bond donors (Lipinski definition) is 1. The highest BCUT2D eigenvalue weighted by Crippen LogP contribution is 2.60. The number of aliphatic hydroxyl groups is 1. The smallest absolute Gasteiger partial charge is 0.303 e. The van der Waals surface area contributed by atoms with Crippen LogP contribution in [0.3, 0.4) is 0 Å². The zero-order valence-corrected chi connectivity index (χ0v) is 24.6. The van der Waals surface area contributed by atoms with Gasteiger partial charge < -0.3 is 19.5 Å². The lowest BCUT2D eigenvalue weighted by molar-refractivity contribution is -0.159. The van der Waals surface area contributed by atoms with E-state index in [4.69, 9.17) is 9.47 Å². The minimum Gasteiger partial charge on any atom is -0.496 e. The first kappa shape index (κ1) is 28.7.